The Hall–Kier alpha value is -2.07. The van der Waals surface area contributed by atoms with Crippen molar-refractivity contribution in [2.75, 3.05) is 5.32 Å². The van der Waals surface area contributed by atoms with Crippen LogP contribution < -0.4 is 10.6 Å². The van der Waals surface area contributed by atoms with Crippen LogP contribution in [0.25, 0.3) is 0 Å². The normalized spacial score (nSPS) is 10.2. The van der Waals surface area contributed by atoms with Crippen LogP contribution in [0.5, 0.6) is 0 Å². The third-order valence-corrected chi connectivity index (χ3v) is 3.40. The summed E-state index contributed by atoms with van der Waals surface area (Å²) in [5.74, 6) is -0.399. The molecule has 5 heteroatoms. The molecule has 0 spiro atoms. The summed E-state index contributed by atoms with van der Waals surface area (Å²) in [6.07, 6.45) is 0.905. The predicted molar refractivity (Wildman–Crippen MR) is 83.1 cm³/mol. The van der Waals surface area contributed by atoms with E-state index in [-0.39, 0.29) is 12.6 Å². The Morgan fingerprint density at radius 3 is 2.76 bits per heavy atom. The van der Waals surface area contributed by atoms with Gasteiger partial charge in [0.2, 0.25) is 0 Å². The maximum atomic E-state index is 12.9. The monoisotopic (exact) mass is 306 g/mol. The van der Waals surface area contributed by atoms with Crippen LogP contribution in [0.4, 0.5) is 14.9 Å². The van der Waals surface area contributed by atoms with E-state index in [1.165, 1.54) is 12.1 Å². The number of hydrogen-bond acceptors (Lipinski definition) is 1. The van der Waals surface area contributed by atoms with Gasteiger partial charge in [0.1, 0.15) is 5.82 Å². The Bertz CT molecular complexity index is 646. The lowest BCUT2D eigenvalue weighted by molar-refractivity contribution is 0.251. The maximum absolute atomic E-state index is 12.9. The Balaban J connectivity index is 1.92. The van der Waals surface area contributed by atoms with Crippen LogP contribution in [0.15, 0.2) is 42.5 Å². The van der Waals surface area contributed by atoms with Crippen molar-refractivity contribution in [3.63, 3.8) is 0 Å². The molecule has 0 fully saturated rings. The molecule has 2 aromatic rings. The third kappa shape index (κ3) is 4.46. The van der Waals surface area contributed by atoms with Gasteiger partial charge in [0.15, 0.2) is 0 Å². The molecule has 0 saturated heterocycles. The number of carbonyl (C=O) groups excluding carboxylic acids is 1. The van der Waals surface area contributed by atoms with Crippen molar-refractivity contribution in [1.82, 2.24) is 5.32 Å². The molecule has 0 aliphatic heterocycles. The van der Waals surface area contributed by atoms with Crippen LogP contribution in [0, 0.1) is 5.82 Å². The Morgan fingerprint density at radius 1 is 1.24 bits per heavy atom. The van der Waals surface area contributed by atoms with E-state index in [4.69, 9.17) is 11.6 Å². The first-order valence-electron chi connectivity index (χ1n) is 6.66. The van der Waals surface area contributed by atoms with Gasteiger partial charge in [0, 0.05) is 17.3 Å². The van der Waals surface area contributed by atoms with Gasteiger partial charge in [0.05, 0.1) is 0 Å². The van der Waals surface area contributed by atoms with Crippen molar-refractivity contribution < 1.29 is 9.18 Å². The van der Waals surface area contributed by atoms with Gasteiger partial charge in [-0.3, -0.25) is 0 Å². The predicted octanol–water partition coefficient (Wildman–Crippen LogP) is 4.36. The molecule has 2 amide bonds. The van der Waals surface area contributed by atoms with Gasteiger partial charge < -0.3 is 10.6 Å². The molecule has 0 bridgehead atoms. The number of carbonyl (C=O) groups is 1. The molecule has 0 radical (unpaired) electrons. The summed E-state index contributed by atoms with van der Waals surface area (Å²) in [6, 6.07) is 11.4. The second-order valence-corrected chi connectivity index (χ2v) is 5.00. The van der Waals surface area contributed by atoms with E-state index >= 15 is 0 Å². The second kappa shape index (κ2) is 7.09. The van der Waals surface area contributed by atoms with Crippen molar-refractivity contribution in [3.05, 3.63) is 64.4 Å². The van der Waals surface area contributed by atoms with Crippen LogP contribution in [0.3, 0.4) is 0 Å². The number of amides is 2. The number of halogens is 2. The summed E-state index contributed by atoms with van der Waals surface area (Å²) in [6.45, 7) is 2.29. The number of aryl methyl sites for hydroxylation is 1. The van der Waals surface area contributed by atoms with E-state index < -0.39 is 5.82 Å². The smallest absolute Gasteiger partial charge is 0.319 e. The number of urea groups is 1. The lowest BCUT2D eigenvalue weighted by atomic mass is 10.1. The van der Waals surface area contributed by atoms with Crippen molar-refractivity contribution >= 4 is 23.3 Å². The van der Waals surface area contributed by atoms with Gasteiger partial charge in [-0.2, -0.15) is 0 Å². The molecule has 110 valence electrons. The van der Waals surface area contributed by atoms with E-state index in [1.807, 2.05) is 24.3 Å². The first-order chi connectivity index (χ1) is 10.1. The second-order valence-electron chi connectivity index (χ2n) is 4.60. The van der Waals surface area contributed by atoms with Crippen molar-refractivity contribution in [2.24, 2.45) is 0 Å². The number of nitrogens with one attached hydrogen (secondary N) is 2. The van der Waals surface area contributed by atoms with Gasteiger partial charge >= 0.3 is 6.03 Å². The molecular formula is C16H16ClFN2O. The SMILES string of the molecule is CCc1cccc(NC(=O)NCc2ccc(F)cc2Cl)c1. The first kappa shape index (κ1) is 15.3. The number of hydrogen-bond donors (Lipinski definition) is 2. The molecule has 0 heterocycles. The largest absolute Gasteiger partial charge is 0.334 e. The van der Waals surface area contributed by atoms with Gasteiger partial charge in [-0.1, -0.05) is 36.7 Å². The first-order valence-corrected chi connectivity index (χ1v) is 7.04. The minimum atomic E-state index is -0.399. The van der Waals surface area contributed by atoms with Gasteiger partial charge in [-0.05, 0) is 41.8 Å². The minimum Gasteiger partial charge on any atom is -0.334 e. The highest BCUT2D eigenvalue weighted by Crippen LogP contribution is 2.17. The summed E-state index contributed by atoms with van der Waals surface area (Å²) in [4.78, 5) is 11.8. The molecule has 0 saturated carbocycles. The number of rotatable bonds is 4. The highest BCUT2D eigenvalue weighted by Gasteiger charge is 2.05. The highest BCUT2D eigenvalue weighted by molar-refractivity contribution is 6.31. The fourth-order valence-corrected chi connectivity index (χ4v) is 2.12. The Kier molecular flexibility index (Phi) is 5.17. The van der Waals surface area contributed by atoms with E-state index in [1.54, 1.807) is 6.07 Å². The molecule has 0 aliphatic rings. The summed E-state index contributed by atoms with van der Waals surface area (Å²) in [5, 5.41) is 5.73. The van der Waals surface area contributed by atoms with Crippen LogP contribution in [-0.2, 0) is 13.0 Å². The topological polar surface area (TPSA) is 41.1 Å². The molecule has 3 nitrogen and oxygen atoms in total. The van der Waals surface area contributed by atoms with Gasteiger partial charge in [-0.25, -0.2) is 9.18 Å². The molecule has 0 unspecified atom stereocenters. The van der Waals surface area contributed by atoms with E-state index in [2.05, 4.69) is 17.6 Å². The molecular weight excluding hydrogens is 291 g/mol. The zero-order valence-corrected chi connectivity index (χ0v) is 12.4. The standard InChI is InChI=1S/C16H16ClFN2O/c1-2-11-4-3-5-14(8-11)20-16(21)19-10-12-6-7-13(18)9-15(12)17/h3-9H,2,10H2,1H3,(H2,19,20,21). The zero-order valence-electron chi connectivity index (χ0n) is 11.6. The van der Waals surface area contributed by atoms with E-state index in [0.717, 1.165) is 17.7 Å². The van der Waals surface area contributed by atoms with E-state index in [0.29, 0.717) is 10.6 Å². The number of benzene rings is 2. The summed E-state index contributed by atoms with van der Waals surface area (Å²) in [5.41, 5.74) is 2.54. The van der Waals surface area contributed by atoms with Crippen molar-refractivity contribution in [3.8, 4) is 0 Å². The van der Waals surface area contributed by atoms with E-state index in [9.17, 15) is 9.18 Å². The van der Waals surface area contributed by atoms with Crippen LogP contribution in [0.1, 0.15) is 18.1 Å². The molecule has 0 aliphatic carbocycles. The summed E-state index contributed by atoms with van der Waals surface area (Å²) in [7, 11) is 0. The van der Waals surface area contributed by atoms with Crippen LogP contribution in [-0.4, -0.2) is 6.03 Å². The van der Waals surface area contributed by atoms with Gasteiger partial charge in [0.25, 0.3) is 0 Å². The van der Waals surface area contributed by atoms with Gasteiger partial charge in [-0.15, -0.1) is 0 Å². The minimum absolute atomic E-state index is 0.235. The summed E-state index contributed by atoms with van der Waals surface area (Å²) < 4.78 is 12.9. The average molecular weight is 307 g/mol. The molecule has 2 N–H and O–H groups in total. The van der Waals surface area contributed by atoms with Crippen LogP contribution in [0.2, 0.25) is 5.02 Å². The lowest BCUT2D eigenvalue weighted by Gasteiger charge is -2.09. The molecule has 21 heavy (non-hydrogen) atoms. The Morgan fingerprint density at radius 2 is 2.05 bits per heavy atom. The highest BCUT2D eigenvalue weighted by atomic mass is 35.5. The van der Waals surface area contributed by atoms with Crippen LogP contribution >= 0.6 is 11.6 Å². The van der Waals surface area contributed by atoms with Crippen molar-refractivity contribution in [2.45, 2.75) is 19.9 Å². The average Bonchev–Trinajstić information content (AvgIpc) is 2.46. The van der Waals surface area contributed by atoms with Crippen molar-refractivity contribution in [1.29, 1.82) is 0 Å². The zero-order chi connectivity index (χ0) is 15.2. The fraction of sp³-hybridized carbons (Fsp3) is 0.188. The third-order valence-electron chi connectivity index (χ3n) is 3.05. The molecule has 0 aromatic heterocycles. The fourth-order valence-electron chi connectivity index (χ4n) is 1.88. The lowest BCUT2D eigenvalue weighted by Crippen LogP contribution is -2.28. The molecule has 0 atom stereocenters. The summed E-state index contributed by atoms with van der Waals surface area (Å²) >= 11 is 5.90. The number of anilines is 1. The maximum Gasteiger partial charge on any atom is 0.319 e. The quantitative estimate of drug-likeness (QED) is 0.865. The Labute approximate surface area is 128 Å². The molecule has 2 aromatic carbocycles. The molecule has 2 rings (SSSR count).